The smallest absolute Gasteiger partial charge is 0.189 e. The minimum atomic E-state index is -0.500. The van der Waals surface area contributed by atoms with Gasteiger partial charge in [0, 0.05) is 12.2 Å². The van der Waals surface area contributed by atoms with Crippen molar-refractivity contribution in [1.82, 2.24) is 0 Å². The largest absolute Gasteiger partial charge is 0.464 e. The van der Waals surface area contributed by atoms with E-state index in [4.69, 9.17) is 27.4 Å². The number of nitrogens with two attached hydrogens (primary N) is 1. The quantitative estimate of drug-likeness (QED) is 0.475. The van der Waals surface area contributed by atoms with E-state index in [0.717, 1.165) is 0 Å². The first-order valence-electron chi connectivity index (χ1n) is 4.45. The molecule has 0 spiro atoms. The average Bonchev–Trinajstić information content (AvgIpc) is 2.20. The topological polar surface area (TPSA) is 44.5 Å². The highest BCUT2D eigenvalue weighted by Crippen LogP contribution is 2.18. The van der Waals surface area contributed by atoms with Gasteiger partial charge >= 0.3 is 0 Å². The number of rotatable bonds is 5. The number of benzene rings is 1. The van der Waals surface area contributed by atoms with Crippen LogP contribution in [0.2, 0.25) is 0 Å². The van der Waals surface area contributed by atoms with Crippen LogP contribution in [0.5, 0.6) is 5.75 Å². The maximum atomic E-state index is 13.3. The lowest BCUT2D eigenvalue weighted by Gasteiger charge is -2.07. The Morgan fingerprint density at radius 1 is 1.53 bits per heavy atom. The molecule has 0 heterocycles. The van der Waals surface area contributed by atoms with Gasteiger partial charge in [-0.2, -0.15) is 0 Å². The second kappa shape index (κ2) is 5.63. The second-order valence-electron chi connectivity index (χ2n) is 2.76. The summed E-state index contributed by atoms with van der Waals surface area (Å²) in [4.78, 5) is 0.158. The van der Waals surface area contributed by atoms with E-state index in [9.17, 15) is 4.39 Å². The van der Waals surface area contributed by atoms with E-state index in [2.05, 4.69) is 0 Å². The number of thiocarbonyl (C=S) groups is 1. The van der Waals surface area contributed by atoms with Gasteiger partial charge in [0.25, 0.3) is 0 Å². The van der Waals surface area contributed by atoms with E-state index >= 15 is 0 Å². The summed E-state index contributed by atoms with van der Waals surface area (Å²) in [7, 11) is 0. The fraction of sp³-hybridized carbons (Fsp3) is 0.300. The highest BCUT2D eigenvalue weighted by atomic mass is 32.1. The molecule has 82 valence electrons. The lowest BCUT2D eigenvalue weighted by atomic mass is 10.2. The summed E-state index contributed by atoms with van der Waals surface area (Å²) in [6.07, 6.45) is 0. The van der Waals surface area contributed by atoms with Crippen LogP contribution in [0.3, 0.4) is 0 Å². The van der Waals surface area contributed by atoms with Gasteiger partial charge in [0.2, 0.25) is 0 Å². The molecular formula is C10H12FNO2S. The molecule has 0 atom stereocenters. The minimum Gasteiger partial charge on any atom is -0.464 e. The Morgan fingerprint density at radius 2 is 2.27 bits per heavy atom. The Morgan fingerprint density at radius 3 is 2.80 bits per heavy atom. The average molecular weight is 229 g/mol. The number of ether oxygens (including phenoxy) is 2. The summed E-state index contributed by atoms with van der Waals surface area (Å²) in [6, 6.07) is 4.32. The molecule has 5 heteroatoms. The van der Waals surface area contributed by atoms with Gasteiger partial charge in [-0.15, -0.1) is 0 Å². The van der Waals surface area contributed by atoms with Crippen LogP contribution in [0.1, 0.15) is 12.5 Å². The molecule has 0 fully saturated rings. The number of halogens is 1. The summed E-state index contributed by atoms with van der Waals surface area (Å²) in [5.41, 5.74) is 5.83. The van der Waals surface area contributed by atoms with Gasteiger partial charge in [-0.05, 0) is 25.1 Å². The molecule has 15 heavy (non-hydrogen) atoms. The van der Waals surface area contributed by atoms with Crippen molar-refractivity contribution in [3.05, 3.63) is 29.6 Å². The SMILES string of the molecule is CCOCOc1ccc(C(N)=S)cc1F. The van der Waals surface area contributed by atoms with Gasteiger partial charge < -0.3 is 15.2 Å². The van der Waals surface area contributed by atoms with Crippen LogP contribution >= 0.6 is 12.2 Å². The molecule has 0 aliphatic rings. The molecule has 0 aliphatic heterocycles. The summed E-state index contributed by atoms with van der Waals surface area (Å²) >= 11 is 4.72. The fourth-order valence-corrected chi connectivity index (χ4v) is 1.09. The predicted molar refractivity (Wildman–Crippen MR) is 59.4 cm³/mol. The van der Waals surface area contributed by atoms with Crippen molar-refractivity contribution in [2.24, 2.45) is 5.73 Å². The van der Waals surface area contributed by atoms with Crippen molar-refractivity contribution in [2.75, 3.05) is 13.4 Å². The molecule has 0 unspecified atom stereocenters. The molecule has 0 saturated heterocycles. The van der Waals surface area contributed by atoms with Crippen LogP contribution < -0.4 is 10.5 Å². The van der Waals surface area contributed by atoms with E-state index in [1.807, 2.05) is 6.92 Å². The highest BCUT2D eigenvalue weighted by Gasteiger charge is 2.05. The van der Waals surface area contributed by atoms with E-state index < -0.39 is 5.82 Å². The Labute approximate surface area is 93.0 Å². The Balaban J connectivity index is 2.70. The van der Waals surface area contributed by atoms with Crippen molar-refractivity contribution in [2.45, 2.75) is 6.92 Å². The molecule has 1 rings (SSSR count). The molecule has 1 aromatic rings. The van der Waals surface area contributed by atoms with Crippen LogP contribution in [-0.4, -0.2) is 18.4 Å². The van der Waals surface area contributed by atoms with Gasteiger partial charge in [-0.3, -0.25) is 0 Å². The third kappa shape index (κ3) is 3.45. The van der Waals surface area contributed by atoms with Crippen LogP contribution in [0.15, 0.2) is 18.2 Å². The van der Waals surface area contributed by atoms with Crippen molar-refractivity contribution < 1.29 is 13.9 Å². The summed E-state index contributed by atoms with van der Waals surface area (Å²) in [5, 5.41) is 0. The van der Waals surface area contributed by atoms with E-state index in [1.54, 1.807) is 6.07 Å². The molecular weight excluding hydrogens is 217 g/mol. The maximum Gasteiger partial charge on any atom is 0.189 e. The van der Waals surface area contributed by atoms with E-state index in [1.165, 1.54) is 12.1 Å². The number of hydrogen-bond donors (Lipinski definition) is 1. The maximum absolute atomic E-state index is 13.3. The normalized spacial score (nSPS) is 10.0. The third-order valence-electron chi connectivity index (χ3n) is 1.72. The van der Waals surface area contributed by atoms with Crippen LogP contribution in [0, 0.1) is 5.82 Å². The van der Waals surface area contributed by atoms with E-state index in [-0.39, 0.29) is 17.5 Å². The lowest BCUT2D eigenvalue weighted by molar-refractivity contribution is 0.0201. The van der Waals surface area contributed by atoms with E-state index in [0.29, 0.717) is 12.2 Å². The molecule has 0 radical (unpaired) electrons. The molecule has 0 saturated carbocycles. The molecule has 0 amide bonds. The van der Waals surface area contributed by atoms with Crippen molar-refractivity contribution in [3.63, 3.8) is 0 Å². The fourth-order valence-electron chi connectivity index (χ4n) is 0.960. The molecule has 0 aliphatic carbocycles. The van der Waals surface area contributed by atoms with Gasteiger partial charge in [0.1, 0.15) is 4.99 Å². The van der Waals surface area contributed by atoms with Crippen molar-refractivity contribution in [3.8, 4) is 5.75 Å². The molecule has 0 aromatic heterocycles. The molecule has 1 aromatic carbocycles. The first-order valence-corrected chi connectivity index (χ1v) is 4.86. The zero-order valence-electron chi connectivity index (χ0n) is 8.33. The summed E-state index contributed by atoms with van der Waals surface area (Å²) in [6.45, 7) is 2.38. The van der Waals surface area contributed by atoms with Crippen LogP contribution in [0.4, 0.5) is 4.39 Å². The van der Waals surface area contributed by atoms with Gasteiger partial charge in [0.05, 0.1) is 0 Å². The first-order chi connectivity index (χ1) is 7.15. The Kier molecular flexibility index (Phi) is 4.45. The van der Waals surface area contributed by atoms with Crippen molar-refractivity contribution >= 4 is 17.2 Å². The third-order valence-corrected chi connectivity index (χ3v) is 1.95. The zero-order valence-corrected chi connectivity index (χ0v) is 9.14. The second-order valence-corrected chi connectivity index (χ2v) is 3.20. The molecule has 0 bridgehead atoms. The van der Waals surface area contributed by atoms with Crippen LogP contribution in [-0.2, 0) is 4.74 Å². The van der Waals surface area contributed by atoms with Gasteiger partial charge in [-0.1, -0.05) is 12.2 Å². The van der Waals surface area contributed by atoms with Gasteiger partial charge in [0.15, 0.2) is 18.4 Å². The lowest BCUT2D eigenvalue weighted by Crippen LogP contribution is -2.10. The van der Waals surface area contributed by atoms with Gasteiger partial charge in [-0.25, -0.2) is 4.39 Å². The summed E-state index contributed by atoms with van der Waals surface area (Å²) in [5.74, 6) is -0.372. The number of hydrogen-bond acceptors (Lipinski definition) is 3. The monoisotopic (exact) mass is 229 g/mol. The molecule has 2 N–H and O–H groups in total. The highest BCUT2D eigenvalue weighted by molar-refractivity contribution is 7.80. The Bertz CT molecular complexity index is 357. The van der Waals surface area contributed by atoms with Crippen molar-refractivity contribution in [1.29, 1.82) is 0 Å². The zero-order chi connectivity index (χ0) is 11.3. The molecule has 3 nitrogen and oxygen atoms in total. The predicted octanol–water partition coefficient (Wildman–Crippen LogP) is 1.83. The van der Waals surface area contributed by atoms with Crippen LogP contribution in [0.25, 0.3) is 0 Å². The first kappa shape index (κ1) is 11.9. The Hall–Kier alpha value is -1.20. The summed E-state index contributed by atoms with van der Waals surface area (Å²) < 4.78 is 23.3. The standard InChI is InChI=1S/C10H12FNO2S/c1-2-13-6-14-9-4-3-7(10(12)15)5-8(9)11/h3-5H,2,6H2,1H3,(H2,12,15). The minimum absolute atomic E-state index is 0.0276.